The van der Waals surface area contributed by atoms with E-state index < -0.39 is 5.97 Å². The van der Waals surface area contributed by atoms with Crippen molar-refractivity contribution < 1.29 is 14.6 Å². The van der Waals surface area contributed by atoms with Crippen LogP contribution in [0.4, 0.5) is 0 Å². The fourth-order valence-corrected chi connectivity index (χ4v) is 2.07. The number of fused-ring (bicyclic) bond motifs is 1. The van der Waals surface area contributed by atoms with Crippen LogP contribution in [0.2, 0.25) is 0 Å². The summed E-state index contributed by atoms with van der Waals surface area (Å²) in [5, 5.41) is 9.72. The summed E-state index contributed by atoms with van der Waals surface area (Å²) in [6.07, 6.45) is 2.82. The summed E-state index contributed by atoms with van der Waals surface area (Å²) >= 11 is 0. The third kappa shape index (κ3) is 2.64. The van der Waals surface area contributed by atoms with Crippen molar-refractivity contribution in [2.24, 2.45) is 0 Å². The number of aliphatic carboxylic acids is 1. The zero-order valence-corrected chi connectivity index (χ0v) is 10.4. The minimum absolute atomic E-state index is 0.199. The second-order valence-electron chi connectivity index (χ2n) is 4.13. The van der Waals surface area contributed by atoms with Gasteiger partial charge < -0.3 is 14.4 Å². The maximum absolute atomic E-state index is 10.5. The van der Waals surface area contributed by atoms with Crippen molar-refractivity contribution in [3.63, 3.8) is 0 Å². The second-order valence-corrected chi connectivity index (χ2v) is 4.13. The summed E-state index contributed by atoms with van der Waals surface area (Å²) < 4.78 is 7.64. The third-order valence-corrected chi connectivity index (χ3v) is 2.86. The van der Waals surface area contributed by atoms with Gasteiger partial charge in [-0.15, -0.1) is 0 Å². The molecule has 0 saturated carbocycles. The minimum Gasteiger partial charge on any atom is -0.493 e. The van der Waals surface area contributed by atoms with Crippen LogP contribution in [0, 0.1) is 0 Å². The van der Waals surface area contributed by atoms with Crippen LogP contribution in [0.1, 0.15) is 19.8 Å². The molecule has 4 nitrogen and oxygen atoms in total. The molecule has 1 heterocycles. The van der Waals surface area contributed by atoms with Gasteiger partial charge in [-0.25, -0.2) is 0 Å². The van der Waals surface area contributed by atoms with E-state index in [-0.39, 0.29) is 6.42 Å². The summed E-state index contributed by atoms with van der Waals surface area (Å²) in [4.78, 5) is 10.5. The summed E-state index contributed by atoms with van der Waals surface area (Å²) in [5.41, 5.74) is 1.09. The minimum atomic E-state index is -0.749. The number of rotatable bonds is 6. The second kappa shape index (κ2) is 5.58. The summed E-state index contributed by atoms with van der Waals surface area (Å²) in [5.74, 6) is 0.133. The standard InChI is InChI=1S/C14H17NO3/c1-2-18-13-6-3-5-12-11(13)8-10-15(12)9-4-7-14(16)17/h3,5-6,8,10H,2,4,7,9H2,1H3,(H,16,17). The smallest absolute Gasteiger partial charge is 0.303 e. The average Bonchev–Trinajstić information content (AvgIpc) is 2.74. The van der Waals surface area contributed by atoms with Crippen molar-refractivity contribution in [3.05, 3.63) is 30.5 Å². The molecule has 0 aliphatic heterocycles. The fourth-order valence-electron chi connectivity index (χ4n) is 2.07. The molecule has 0 aliphatic carbocycles. The highest BCUT2D eigenvalue weighted by atomic mass is 16.5. The van der Waals surface area contributed by atoms with E-state index in [2.05, 4.69) is 4.57 Å². The lowest BCUT2D eigenvalue weighted by Crippen LogP contribution is -2.01. The van der Waals surface area contributed by atoms with Crippen LogP contribution in [0.3, 0.4) is 0 Å². The number of benzene rings is 1. The number of hydrogen-bond donors (Lipinski definition) is 1. The highest BCUT2D eigenvalue weighted by Gasteiger charge is 2.06. The van der Waals surface area contributed by atoms with Crippen molar-refractivity contribution in [1.29, 1.82) is 0 Å². The third-order valence-electron chi connectivity index (χ3n) is 2.86. The molecule has 96 valence electrons. The SMILES string of the molecule is CCOc1cccc2c1ccn2CCCC(=O)O. The molecule has 0 saturated heterocycles. The first-order chi connectivity index (χ1) is 8.72. The summed E-state index contributed by atoms with van der Waals surface area (Å²) in [6, 6.07) is 7.95. The molecule has 0 bridgehead atoms. The Morgan fingerprint density at radius 1 is 1.39 bits per heavy atom. The van der Waals surface area contributed by atoms with Crippen LogP contribution in [-0.2, 0) is 11.3 Å². The van der Waals surface area contributed by atoms with Gasteiger partial charge in [0.1, 0.15) is 5.75 Å². The topological polar surface area (TPSA) is 51.5 Å². The molecular formula is C14H17NO3. The molecule has 1 N–H and O–H groups in total. The molecule has 1 aromatic carbocycles. The Hall–Kier alpha value is -1.97. The van der Waals surface area contributed by atoms with Crippen LogP contribution >= 0.6 is 0 Å². The van der Waals surface area contributed by atoms with Crippen molar-refractivity contribution in [2.45, 2.75) is 26.3 Å². The number of ether oxygens (including phenoxy) is 1. The lowest BCUT2D eigenvalue weighted by molar-refractivity contribution is -0.137. The van der Waals surface area contributed by atoms with E-state index in [1.54, 1.807) is 0 Å². The highest BCUT2D eigenvalue weighted by Crippen LogP contribution is 2.26. The Morgan fingerprint density at radius 3 is 2.94 bits per heavy atom. The van der Waals surface area contributed by atoms with Gasteiger partial charge in [0.2, 0.25) is 0 Å². The Labute approximate surface area is 106 Å². The lowest BCUT2D eigenvalue weighted by atomic mass is 10.2. The number of carboxylic acid groups (broad SMARTS) is 1. The van der Waals surface area contributed by atoms with E-state index in [1.165, 1.54) is 0 Å². The van der Waals surface area contributed by atoms with Gasteiger partial charge in [-0.3, -0.25) is 4.79 Å². The summed E-state index contributed by atoms with van der Waals surface area (Å²) in [6.45, 7) is 3.32. The van der Waals surface area contributed by atoms with Gasteiger partial charge in [0.25, 0.3) is 0 Å². The van der Waals surface area contributed by atoms with Crippen molar-refractivity contribution in [1.82, 2.24) is 4.57 Å². The molecule has 0 unspecified atom stereocenters. The van der Waals surface area contributed by atoms with Gasteiger partial charge in [-0.05, 0) is 31.5 Å². The Kier molecular flexibility index (Phi) is 3.87. The first-order valence-corrected chi connectivity index (χ1v) is 6.15. The van der Waals surface area contributed by atoms with Crippen molar-refractivity contribution in [2.75, 3.05) is 6.61 Å². The molecule has 0 fully saturated rings. The van der Waals surface area contributed by atoms with Crippen molar-refractivity contribution in [3.8, 4) is 5.75 Å². The Morgan fingerprint density at radius 2 is 2.22 bits per heavy atom. The van der Waals surface area contributed by atoms with Crippen LogP contribution in [0.25, 0.3) is 10.9 Å². The number of nitrogens with zero attached hydrogens (tertiary/aromatic N) is 1. The predicted molar refractivity (Wildman–Crippen MR) is 70.0 cm³/mol. The zero-order valence-electron chi connectivity index (χ0n) is 10.4. The molecule has 4 heteroatoms. The predicted octanol–water partition coefficient (Wildman–Crippen LogP) is 2.90. The first-order valence-electron chi connectivity index (χ1n) is 6.15. The molecule has 2 rings (SSSR count). The van der Waals surface area contributed by atoms with Crippen LogP contribution in [-0.4, -0.2) is 22.2 Å². The van der Waals surface area contributed by atoms with E-state index in [0.717, 1.165) is 16.7 Å². The van der Waals surface area contributed by atoms with Gasteiger partial charge >= 0.3 is 5.97 Å². The molecule has 0 spiro atoms. The van der Waals surface area contributed by atoms with Gasteiger partial charge in [0.15, 0.2) is 0 Å². The first kappa shape index (κ1) is 12.5. The number of hydrogen-bond acceptors (Lipinski definition) is 2. The largest absolute Gasteiger partial charge is 0.493 e. The highest BCUT2D eigenvalue weighted by molar-refractivity contribution is 5.86. The molecule has 2 aromatic rings. The van der Waals surface area contributed by atoms with Gasteiger partial charge in [0, 0.05) is 24.5 Å². The maximum atomic E-state index is 10.5. The van der Waals surface area contributed by atoms with Crippen LogP contribution in [0.5, 0.6) is 5.75 Å². The number of carboxylic acids is 1. The van der Waals surface area contributed by atoms with E-state index in [9.17, 15) is 4.79 Å². The van der Waals surface area contributed by atoms with E-state index in [0.29, 0.717) is 19.6 Å². The van der Waals surface area contributed by atoms with E-state index in [4.69, 9.17) is 9.84 Å². The van der Waals surface area contributed by atoms with Gasteiger partial charge in [-0.1, -0.05) is 6.07 Å². The van der Waals surface area contributed by atoms with Crippen LogP contribution < -0.4 is 4.74 Å². The Balaban J connectivity index is 2.20. The number of carbonyl (C=O) groups is 1. The lowest BCUT2D eigenvalue weighted by Gasteiger charge is -2.07. The van der Waals surface area contributed by atoms with Gasteiger partial charge in [-0.2, -0.15) is 0 Å². The molecule has 0 aliphatic rings. The average molecular weight is 247 g/mol. The molecular weight excluding hydrogens is 230 g/mol. The monoisotopic (exact) mass is 247 g/mol. The van der Waals surface area contributed by atoms with Crippen LogP contribution in [0.15, 0.2) is 30.5 Å². The fraction of sp³-hybridized carbons (Fsp3) is 0.357. The molecule has 0 amide bonds. The molecule has 1 aromatic heterocycles. The molecule has 0 radical (unpaired) electrons. The number of aryl methyl sites for hydroxylation is 1. The Bertz CT molecular complexity index is 545. The van der Waals surface area contributed by atoms with E-state index in [1.807, 2.05) is 37.4 Å². The quantitative estimate of drug-likeness (QED) is 0.853. The zero-order chi connectivity index (χ0) is 13.0. The van der Waals surface area contributed by atoms with E-state index >= 15 is 0 Å². The van der Waals surface area contributed by atoms with Gasteiger partial charge in [0.05, 0.1) is 12.1 Å². The molecule has 0 atom stereocenters. The summed E-state index contributed by atoms with van der Waals surface area (Å²) in [7, 11) is 0. The van der Waals surface area contributed by atoms with Crippen molar-refractivity contribution >= 4 is 16.9 Å². The number of aromatic nitrogens is 1. The normalized spacial score (nSPS) is 10.7. The maximum Gasteiger partial charge on any atom is 0.303 e. The molecule has 18 heavy (non-hydrogen) atoms.